The van der Waals surface area contributed by atoms with E-state index in [0.717, 1.165) is 34.0 Å². The first-order valence-electron chi connectivity index (χ1n) is 8.28. The van der Waals surface area contributed by atoms with Crippen LogP contribution in [0.4, 0.5) is 5.69 Å². The first-order valence-corrected chi connectivity index (χ1v) is 8.66. The monoisotopic (exact) mass is 343 g/mol. The zero-order valence-electron chi connectivity index (χ0n) is 14.2. The second-order valence-electron chi connectivity index (χ2n) is 6.60. The third kappa shape index (κ3) is 3.73. The lowest BCUT2D eigenvalue weighted by atomic mass is 10.1. The van der Waals surface area contributed by atoms with Gasteiger partial charge in [0, 0.05) is 16.6 Å². The first-order chi connectivity index (χ1) is 11.5. The predicted molar refractivity (Wildman–Crippen MR) is 97.9 cm³/mol. The number of ether oxygens (including phenoxy) is 1. The molecule has 2 aromatic rings. The van der Waals surface area contributed by atoms with Gasteiger partial charge in [0.2, 0.25) is 5.91 Å². The van der Waals surface area contributed by atoms with Gasteiger partial charge in [-0.05, 0) is 68.5 Å². The van der Waals surface area contributed by atoms with Crippen molar-refractivity contribution in [3.8, 4) is 5.75 Å². The van der Waals surface area contributed by atoms with Gasteiger partial charge in [-0.1, -0.05) is 29.8 Å². The molecule has 4 heteroatoms. The minimum absolute atomic E-state index is 0.00381. The number of carbonyl (C=O) groups excluding carboxylic acids is 1. The fourth-order valence-electron chi connectivity index (χ4n) is 2.95. The van der Waals surface area contributed by atoms with Crippen LogP contribution in [-0.2, 0) is 4.79 Å². The number of benzene rings is 2. The molecule has 0 aromatic heterocycles. The van der Waals surface area contributed by atoms with E-state index in [9.17, 15) is 4.79 Å². The van der Waals surface area contributed by atoms with Gasteiger partial charge in [-0.25, -0.2) is 0 Å². The Hall–Kier alpha value is -2.00. The SMILES string of the molecule is Cc1cc(OC(C)C)ccc1NC(=O)C1CC1c1ccccc1Cl. The third-order valence-corrected chi connectivity index (χ3v) is 4.60. The number of aryl methyl sites for hydroxylation is 1. The molecule has 2 atom stereocenters. The number of hydrogen-bond donors (Lipinski definition) is 1. The first kappa shape index (κ1) is 16.8. The van der Waals surface area contributed by atoms with E-state index >= 15 is 0 Å². The van der Waals surface area contributed by atoms with E-state index < -0.39 is 0 Å². The van der Waals surface area contributed by atoms with Gasteiger partial charge in [0.15, 0.2) is 0 Å². The molecular formula is C20H22ClNO2. The number of halogens is 1. The normalized spacial score (nSPS) is 19.2. The van der Waals surface area contributed by atoms with Crippen molar-refractivity contribution in [2.24, 2.45) is 5.92 Å². The summed E-state index contributed by atoms with van der Waals surface area (Å²) in [5.74, 6) is 1.10. The Morgan fingerprint density at radius 2 is 2.00 bits per heavy atom. The molecule has 1 saturated carbocycles. The molecule has 126 valence electrons. The fourth-order valence-corrected chi connectivity index (χ4v) is 3.23. The van der Waals surface area contributed by atoms with Crippen LogP contribution < -0.4 is 10.1 Å². The molecule has 0 radical (unpaired) electrons. The van der Waals surface area contributed by atoms with Gasteiger partial charge in [-0.3, -0.25) is 4.79 Å². The summed E-state index contributed by atoms with van der Waals surface area (Å²) in [7, 11) is 0. The van der Waals surface area contributed by atoms with E-state index in [4.69, 9.17) is 16.3 Å². The van der Waals surface area contributed by atoms with E-state index in [2.05, 4.69) is 5.32 Å². The van der Waals surface area contributed by atoms with E-state index in [0.29, 0.717) is 0 Å². The molecule has 1 aliphatic rings. The highest BCUT2D eigenvalue weighted by atomic mass is 35.5. The highest BCUT2D eigenvalue weighted by Gasteiger charge is 2.44. The molecule has 0 aliphatic heterocycles. The van der Waals surface area contributed by atoms with Gasteiger partial charge >= 0.3 is 0 Å². The molecule has 0 spiro atoms. The average Bonchev–Trinajstić information content (AvgIpc) is 3.30. The Bertz CT molecular complexity index is 757. The second-order valence-corrected chi connectivity index (χ2v) is 7.01. The van der Waals surface area contributed by atoms with E-state index in [1.54, 1.807) is 0 Å². The molecule has 2 aromatic carbocycles. The Morgan fingerprint density at radius 1 is 1.25 bits per heavy atom. The molecule has 24 heavy (non-hydrogen) atoms. The lowest BCUT2D eigenvalue weighted by molar-refractivity contribution is -0.117. The molecule has 0 heterocycles. The van der Waals surface area contributed by atoms with Crippen molar-refractivity contribution < 1.29 is 9.53 Å². The minimum atomic E-state index is -0.00381. The molecule has 2 unspecified atom stereocenters. The molecule has 1 fully saturated rings. The summed E-state index contributed by atoms with van der Waals surface area (Å²) in [4.78, 5) is 12.5. The summed E-state index contributed by atoms with van der Waals surface area (Å²) in [6.45, 7) is 5.96. The van der Waals surface area contributed by atoms with Crippen molar-refractivity contribution in [1.29, 1.82) is 0 Å². The fraction of sp³-hybridized carbons (Fsp3) is 0.350. The molecule has 1 aliphatic carbocycles. The summed E-state index contributed by atoms with van der Waals surface area (Å²) in [6.07, 6.45) is 0.982. The number of hydrogen-bond acceptors (Lipinski definition) is 2. The summed E-state index contributed by atoms with van der Waals surface area (Å²) in [5.41, 5.74) is 2.90. The van der Waals surface area contributed by atoms with Crippen LogP contribution in [0.3, 0.4) is 0 Å². The maximum atomic E-state index is 12.5. The van der Waals surface area contributed by atoms with Crippen molar-refractivity contribution in [1.82, 2.24) is 0 Å². The maximum Gasteiger partial charge on any atom is 0.228 e. The Kier molecular flexibility index (Phi) is 4.81. The highest BCUT2D eigenvalue weighted by Crippen LogP contribution is 2.50. The summed E-state index contributed by atoms with van der Waals surface area (Å²) < 4.78 is 5.68. The lowest BCUT2D eigenvalue weighted by Crippen LogP contribution is -2.15. The molecule has 3 nitrogen and oxygen atoms in total. The Morgan fingerprint density at radius 3 is 2.67 bits per heavy atom. The van der Waals surface area contributed by atoms with Crippen LogP contribution >= 0.6 is 11.6 Å². The largest absolute Gasteiger partial charge is 0.491 e. The van der Waals surface area contributed by atoms with Crippen LogP contribution in [-0.4, -0.2) is 12.0 Å². The topological polar surface area (TPSA) is 38.3 Å². The molecule has 0 bridgehead atoms. The number of carbonyl (C=O) groups is 1. The van der Waals surface area contributed by atoms with Crippen molar-refractivity contribution in [2.45, 2.75) is 39.2 Å². The van der Waals surface area contributed by atoms with E-state index in [1.807, 2.05) is 63.2 Å². The van der Waals surface area contributed by atoms with Crippen molar-refractivity contribution in [2.75, 3.05) is 5.32 Å². The maximum absolute atomic E-state index is 12.5. The average molecular weight is 344 g/mol. The highest BCUT2D eigenvalue weighted by molar-refractivity contribution is 6.31. The van der Waals surface area contributed by atoms with Crippen LogP contribution in [0.2, 0.25) is 5.02 Å². The lowest BCUT2D eigenvalue weighted by Gasteiger charge is -2.13. The summed E-state index contributed by atoms with van der Waals surface area (Å²) in [5, 5.41) is 3.77. The van der Waals surface area contributed by atoms with Crippen molar-refractivity contribution >= 4 is 23.2 Å². The van der Waals surface area contributed by atoms with Gasteiger partial charge in [0.1, 0.15) is 5.75 Å². The number of amides is 1. The van der Waals surface area contributed by atoms with Gasteiger partial charge in [-0.2, -0.15) is 0 Å². The van der Waals surface area contributed by atoms with Crippen LogP contribution in [0.15, 0.2) is 42.5 Å². The number of rotatable bonds is 5. The zero-order valence-corrected chi connectivity index (χ0v) is 14.9. The standard InChI is InChI=1S/C20H22ClNO2/c1-12(2)24-14-8-9-19(13(3)10-14)22-20(23)17-11-16(17)15-6-4-5-7-18(15)21/h4-10,12,16-17H,11H2,1-3H3,(H,22,23). The zero-order chi connectivity index (χ0) is 17.3. The Balaban J connectivity index is 1.65. The number of nitrogens with one attached hydrogen (secondary N) is 1. The third-order valence-electron chi connectivity index (χ3n) is 4.26. The minimum Gasteiger partial charge on any atom is -0.491 e. The number of anilines is 1. The molecule has 0 saturated heterocycles. The molecule has 1 amide bonds. The summed E-state index contributed by atoms with van der Waals surface area (Å²) in [6, 6.07) is 13.5. The molecular weight excluding hydrogens is 322 g/mol. The van der Waals surface area contributed by atoms with Gasteiger partial charge in [-0.15, -0.1) is 0 Å². The Labute approximate surface area is 148 Å². The van der Waals surface area contributed by atoms with Crippen LogP contribution in [0.25, 0.3) is 0 Å². The summed E-state index contributed by atoms with van der Waals surface area (Å²) >= 11 is 6.23. The van der Waals surface area contributed by atoms with E-state index in [-0.39, 0.29) is 23.8 Å². The van der Waals surface area contributed by atoms with Crippen LogP contribution in [0, 0.1) is 12.8 Å². The van der Waals surface area contributed by atoms with Crippen LogP contribution in [0.1, 0.15) is 37.3 Å². The van der Waals surface area contributed by atoms with Crippen LogP contribution in [0.5, 0.6) is 5.75 Å². The smallest absolute Gasteiger partial charge is 0.228 e. The van der Waals surface area contributed by atoms with Crippen molar-refractivity contribution in [3.63, 3.8) is 0 Å². The molecule has 3 rings (SSSR count). The molecule has 1 N–H and O–H groups in total. The van der Waals surface area contributed by atoms with E-state index in [1.165, 1.54) is 0 Å². The quantitative estimate of drug-likeness (QED) is 0.812. The van der Waals surface area contributed by atoms with Gasteiger partial charge < -0.3 is 10.1 Å². The van der Waals surface area contributed by atoms with Gasteiger partial charge in [0.25, 0.3) is 0 Å². The van der Waals surface area contributed by atoms with Crippen molar-refractivity contribution in [3.05, 3.63) is 58.6 Å². The second kappa shape index (κ2) is 6.86. The van der Waals surface area contributed by atoms with Gasteiger partial charge in [0.05, 0.1) is 6.10 Å². The predicted octanol–water partition coefficient (Wildman–Crippen LogP) is 5.18.